The van der Waals surface area contributed by atoms with Crippen molar-refractivity contribution in [2.75, 3.05) is 32.1 Å². The van der Waals surface area contributed by atoms with E-state index in [1.807, 2.05) is 0 Å². The highest BCUT2D eigenvalue weighted by atomic mass is 16.6. The van der Waals surface area contributed by atoms with E-state index in [0.717, 1.165) is 6.07 Å². The van der Waals surface area contributed by atoms with E-state index in [0.29, 0.717) is 13.1 Å². The number of likely N-dealkylation sites (N-methyl/N-ethyl adjacent to an activating group) is 1. The molecular formula is C12H15N5O4. The van der Waals surface area contributed by atoms with Crippen LogP contribution in [0.5, 0.6) is 0 Å². The number of nitrogens with zero attached hydrogens (tertiary/aromatic N) is 3. The molecule has 1 aromatic carbocycles. The molecule has 9 heteroatoms. The van der Waals surface area contributed by atoms with Gasteiger partial charge in [-0.2, -0.15) is 0 Å². The molecule has 2 rings (SSSR count). The average molecular weight is 293 g/mol. The third kappa shape index (κ3) is 2.92. The van der Waals surface area contributed by atoms with Crippen LogP contribution >= 0.6 is 0 Å². The summed E-state index contributed by atoms with van der Waals surface area (Å²) in [7, 11) is 1.66. The Bertz CT molecular complexity index is 603. The van der Waals surface area contributed by atoms with Crippen molar-refractivity contribution < 1.29 is 14.5 Å². The van der Waals surface area contributed by atoms with Gasteiger partial charge < -0.3 is 15.2 Å². The van der Waals surface area contributed by atoms with Gasteiger partial charge in [0.15, 0.2) is 0 Å². The third-order valence-corrected chi connectivity index (χ3v) is 3.34. The van der Waals surface area contributed by atoms with Gasteiger partial charge in [0.05, 0.1) is 4.92 Å². The summed E-state index contributed by atoms with van der Waals surface area (Å²) in [5.41, 5.74) is 2.19. The molecule has 1 saturated heterocycles. The molecule has 0 radical (unpaired) electrons. The molecule has 9 nitrogen and oxygen atoms in total. The number of anilines is 1. The predicted molar refractivity (Wildman–Crippen MR) is 74.4 cm³/mol. The molecule has 0 saturated carbocycles. The molecule has 0 spiro atoms. The molecule has 0 bridgehead atoms. The number of hydrogen-bond acceptors (Lipinski definition) is 6. The Morgan fingerprint density at radius 2 is 2.14 bits per heavy atom. The molecule has 112 valence electrons. The van der Waals surface area contributed by atoms with Crippen LogP contribution in [0.2, 0.25) is 0 Å². The molecule has 0 aromatic heterocycles. The van der Waals surface area contributed by atoms with Crippen molar-refractivity contribution in [3.05, 3.63) is 33.9 Å². The lowest BCUT2D eigenvalue weighted by Gasteiger charge is -2.32. The van der Waals surface area contributed by atoms with Crippen LogP contribution in [-0.2, 0) is 4.79 Å². The SMILES string of the molecule is CN1CCN(C(=O)c2ccc(NN)c([N+](=O)[O-])c2)CC1=O. The van der Waals surface area contributed by atoms with Crippen molar-refractivity contribution in [2.45, 2.75) is 0 Å². The average Bonchev–Trinajstić information content (AvgIpc) is 2.48. The number of amides is 2. The van der Waals surface area contributed by atoms with Gasteiger partial charge >= 0.3 is 0 Å². The van der Waals surface area contributed by atoms with Gasteiger partial charge in [0.25, 0.3) is 11.6 Å². The Morgan fingerprint density at radius 3 is 2.71 bits per heavy atom. The molecule has 2 amide bonds. The molecule has 1 heterocycles. The summed E-state index contributed by atoms with van der Waals surface area (Å²) in [5, 5.41) is 11.0. The van der Waals surface area contributed by atoms with Crippen LogP contribution in [0, 0.1) is 10.1 Å². The van der Waals surface area contributed by atoms with Crippen molar-refractivity contribution in [1.29, 1.82) is 0 Å². The van der Waals surface area contributed by atoms with Gasteiger partial charge in [0.1, 0.15) is 12.2 Å². The standard InChI is InChI=1S/C12H15N5O4/c1-15-4-5-16(7-11(15)18)12(19)8-2-3-9(14-13)10(6-8)17(20)21/h2-3,6,14H,4-5,7,13H2,1H3. The van der Waals surface area contributed by atoms with Gasteiger partial charge in [-0.25, -0.2) is 0 Å². The van der Waals surface area contributed by atoms with Crippen molar-refractivity contribution in [3.63, 3.8) is 0 Å². The van der Waals surface area contributed by atoms with E-state index >= 15 is 0 Å². The first kappa shape index (κ1) is 14.7. The first-order chi connectivity index (χ1) is 9.93. The molecule has 0 aliphatic carbocycles. The molecule has 3 N–H and O–H groups in total. The first-order valence-corrected chi connectivity index (χ1v) is 6.22. The number of benzene rings is 1. The molecule has 0 atom stereocenters. The van der Waals surface area contributed by atoms with Crippen LogP contribution in [0.1, 0.15) is 10.4 Å². The minimum atomic E-state index is -0.624. The van der Waals surface area contributed by atoms with E-state index in [1.54, 1.807) is 7.05 Å². The predicted octanol–water partition coefficient (Wildman–Crippen LogP) is -0.205. The summed E-state index contributed by atoms with van der Waals surface area (Å²) in [4.78, 5) is 37.2. The Kier molecular flexibility index (Phi) is 4.03. The van der Waals surface area contributed by atoms with E-state index < -0.39 is 10.8 Å². The minimum absolute atomic E-state index is 0.0278. The number of nitrogen functional groups attached to an aromatic ring is 1. The zero-order valence-electron chi connectivity index (χ0n) is 11.4. The maximum absolute atomic E-state index is 12.3. The summed E-state index contributed by atoms with van der Waals surface area (Å²) in [5.74, 6) is 4.61. The van der Waals surface area contributed by atoms with Crippen LogP contribution in [0.15, 0.2) is 18.2 Å². The van der Waals surface area contributed by atoms with Gasteiger partial charge in [0, 0.05) is 31.8 Å². The fourth-order valence-electron chi connectivity index (χ4n) is 2.05. The van der Waals surface area contributed by atoms with Gasteiger partial charge in [-0.15, -0.1) is 0 Å². The third-order valence-electron chi connectivity index (χ3n) is 3.34. The maximum Gasteiger partial charge on any atom is 0.294 e. The van der Waals surface area contributed by atoms with Crippen molar-refractivity contribution in [1.82, 2.24) is 9.80 Å². The molecule has 1 fully saturated rings. The Morgan fingerprint density at radius 1 is 1.43 bits per heavy atom. The summed E-state index contributed by atoms with van der Waals surface area (Å²) >= 11 is 0. The summed E-state index contributed by atoms with van der Waals surface area (Å²) in [6, 6.07) is 3.96. The molecule has 1 aromatic rings. The molecule has 1 aliphatic rings. The molecule has 0 unspecified atom stereocenters. The lowest BCUT2D eigenvalue weighted by molar-refractivity contribution is -0.384. The highest BCUT2D eigenvalue weighted by Gasteiger charge is 2.27. The lowest BCUT2D eigenvalue weighted by Crippen LogP contribution is -2.50. The van der Waals surface area contributed by atoms with Crippen LogP contribution in [0.4, 0.5) is 11.4 Å². The number of rotatable bonds is 3. The van der Waals surface area contributed by atoms with Crippen LogP contribution in [0.3, 0.4) is 0 Å². The number of carbonyl (C=O) groups excluding carboxylic acids is 2. The second-order valence-electron chi connectivity index (χ2n) is 4.68. The number of nitrogens with one attached hydrogen (secondary N) is 1. The monoisotopic (exact) mass is 293 g/mol. The number of nitro groups is 1. The Hall–Kier alpha value is -2.68. The van der Waals surface area contributed by atoms with E-state index in [1.165, 1.54) is 21.9 Å². The molecule has 21 heavy (non-hydrogen) atoms. The maximum atomic E-state index is 12.3. The fraction of sp³-hybridized carbons (Fsp3) is 0.333. The number of piperazine rings is 1. The van der Waals surface area contributed by atoms with E-state index in [2.05, 4.69) is 5.43 Å². The van der Waals surface area contributed by atoms with Gasteiger partial charge in [0.2, 0.25) is 5.91 Å². The number of carbonyl (C=O) groups is 2. The zero-order valence-corrected chi connectivity index (χ0v) is 11.4. The summed E-state index contributed by atoms with van der Waals surface area (Å²) in [6.07, 6.45) is 0. The van der Waals surface area contributed by atoms with E-state index in [-0.39, 0.29) is 29.4 Å². The summed E-state index contributed by atoms with van der Waals surface area (Å²) < 4.78 is 0. The number of hydrogen-bond donors (Lipinski definition) is 2. The summed E-state index contributed by atoms with van der Waals surface area (Å²) in [6.45, 7) is 0.806. The zero-order chi connectivity index (χ0) is 15.6. The van der Waals surface area contributed by atoms with Crippen LogP contribution < -0.4 is 11.3 Å². The number of hydrazine groups is 1. The first-order valence-electron chi connectivity index (χ1n) is 6.22. The van der Waals surface area contributed by atoms with Crippen molar-refractivity contribution in [2.24, 2.45) is 5.84 Å². The van der Waals surface area contributed by atoms with Gasteiger partial charge in [-0.05, 0) is 12.1 Å². The highest BCUT2D eigenvalue weighted by Crippen LogP contribution is 2.25. The Labute approximate surface area is 120 Å². The largest absolute Gasteiger partial charge is 0.342 e. The second kappa shape index (κ2) is 5.75. The Balaban J connectivity index is 2.25. The van der Waals surface area contributed by atoms with Crippen molar-refractivity contribution in [3.8, 4) is 0 Å². The smallest absolute Gasteiger partial charge is 0.294 e. The highest BCUT2D eigenvalue weighted by molar-refractivity contribution is 5.98. The van der Waals surface area contributed by atoms with Gasteiger partial charge in [-0.3, -0.25) is 25.5 Å². The minimum Gasteiger partial charge on any atom is -0.342 e. The normalized spacial score (nSPS) is 15.0. The van der Waals surface area contributed by atoms with Crippen LogP contribution in [-0.4, -0.2) is 53.2 Å². The van der Waals surface area contributed by atoms with E-state index in [9.17, 15) is 19.7 Å². The fourth-order valence-corrected chi connectivity index (χ4v) is 2.05. The van der Waals surface area contributed by atoms with Crippen molar-refractivity contribution >= 4 is 23.2 Å². The molecular weight excluding hydrogens is 278 g/mol. The molecule has 1 aliphatic heterocycles. The van der Waals surface area contributed by atoms with Gasteiger partial charge in [-0.1, -0.05) is 0 Å². The second-order valence-corrected chi connectivity index (χ2v) is 4.68. The van der Waals surface area contributed by atoms with Crippen LogP contribution in [0.25, 0.3) is 0 Å². The quantitative estimate of drug-likeness (QED) is 0.452. The van der Waals surface area contributed by atoms with E-state index in [4.69, 9.17) is 5.84 Å². The lowest BCUT2D eigenvalue weighted by atomic mass is 10.1. The topological polar surface area (TPSA) is 122 Å². The number of nitro benzene ring substituents is 1. The number of nitrogens with two attached hydrogens (primary N) is 1.